The number of Topliss-reactive ketones (excluding diaryl/α,β-unsaturated/α-hetero) is 1. The number of ether oxygens (including phenoxy) is 2. The Bertz CT molecular complexity index is 1130. The van der Waals surface area contributed by atoms with Crippen molar-refractivity contribution in [2.24, 2.45) is 7.05 Å². The van der Waals surface area contributed by atoms with Gasteiger partial charge in [-0.15, -0.1) is 0 Å². The summed E-state index contributed by atoms with van der Waals surface area (Å²) in [6, 6.07) is 11.7. The molecule has 0 N–H and O–H groups in total. The number of rotatable bonds is 6. The maximum atomic E-state index is 12.8. The molecule has 0 bridgehead atoms. The van der Waals surface area contributed by atoms with Gasteiger partial charge in [0.2, 0.25) is 22.9 Å². The smallest absolute Gasteiger partial charge is 0.235 e. The fraction of sp³-hybridized carbons (Fsp3) is 0.286. The van der Waals surface area contributed by atoms with Gasteiger partial charge in [-0.25, -0.2) is 0 Å². The van der Waals surface area contributed by atoms with Crippen molar-refractivity contribution in [1.82, 2.24) is 4.57 Å². The number of hydrogen-bond acceptors (Lipinski definition) is 5. The van der Waals surface area contributed by atoms with Gasteiger partial charge >= 0.3 is 0 Å². The molecule has 0 saturated carbocycles. The van der Waals surface area contributed by atoms with Crippen LogP contribution in [0.3, 0.4) is 0 Å². The van der Waals surface area contributed by atoms with Crippen LogP contribution in [0, 0.1) is 0 Å². The minimum Gasteiger partial charge on any atom is -0.346 e. The highest BCUT2D eigenvalue weighted by atomic mass is 16.7. The zero-order chi connectivity index (χ0) is 19.6. The summed E-state index contributed by atoms with van der Waals surface area (Å²) in [6.07, 6.45) is -1.04. The van der Waals surface area contributed by atoms with Crippen LogP contribution in [0.4, 0.5) is 0 Å². The van der Waals surface area contributed by atoms with Crippen molar-refractivity contribution in [2.45, 2.75) is 20.1 Å². The molecule has 0 aliphatic rings. The highest BCUT2D eigenvalue weighted by Crippen LogP contribution is 2.18. The van der Waals surface area contributed by atoms with E-state index >= 15 is 0 Å². The van der Waals surface area contributed by atoms with E-state index in [9.17, 15) is 14.4 Å². The molecule has 0 amide bonds. The maximum Gasteiger partial charge on any atom is 0.235 e. The number of fused-ring (bicyclic) bond motifs is 2. The van der Waals surface area contributed by atoms with E-state index in [1.807, 2.05) is 6.07 Å². The summed E-state index contributed by atoms with van der Waals surface area (Å²) in [5.74, 6) is -0.383. The van der Waals surface area contributed by atoms with Crippen molar-refractivity contribution in [3.8, 4) is 0 Å². The summed E-state index contributed by atoms with van der Waals surface area (Å²) in [7, 11) is 1.79. The molecule has 0 aliphatic carbocycles. The number of para-hydroxylation sites is 1. The number of aryl methyl sites for hydroxylation is 1. The van der Waals surface area contributed by atoms with E-state index in [1.165, 1.54) is 6.07 Å². The van der Waals surface area contributed by atoms with Crippen molar-refractivity contribution in [1.29, 1.82) is 0 Å². The van der Waals surface area contributed by atoms with Crippen LogP contribution >= 0.6 is 0 Å². The lowest BCUT2D eigenvalue weighted by Crippen LogP contribution is -2.28. The molecule has 27 heavy (non-hydrogen) atoms. The highest BCUT2D eigenvalue weighted by Gasteiger charge is 2.21. The fourth-order valence-corrected chi connectivity index (χ4v) is 3.13. The van der Waals surface area contributed by atoms with E-state index in [2.05, 4.69) is 0 Å². The Balaban J connectivity index is 2.29. The highest BCUT2D eigenvalue weighted by molar-refractivity contribution is 6.02. The molecule has 0 aliphatic heterocycles. The molecule has 3 rings (SSSR count). The van der Waals surface area contributed by atoms with Crippen LogP contribution in [0.15, 0.2) is 52.1 Å². The first-order valence-corrected chi connectivity index (χ1v) is 8.82. The molecule has 1 aromatic heterocycles. The van der Waals surface area contributed by atoms with Crippen LogP contribution in [0.25, 0.3) is 21.8 Å². The van der Waals surface area contributed by atoms with Crippen LogP contribution in [-0.2, 0) is 16.5 Å². The average Bonchev–Trinajstić information content (AvgIpc) is 2.77. The first-order chi connectivity index (χ1) is 13.0. The predicted molar refractivity (Wildman–Crippen MR) is 104 cm³/mol. The molecule has 0 unspecified atom stereocenters. The van der Waals surface area contributed by atoms with Crippen molar-refractivity contribution in [2.75, 3.05) is 13.2 Å². The summed E-state index contributed by atoms with van der Waals surface area (Å²) >= 11 is 0. The summed E-state index contributed by atoms with van der Waals surface area (Å²) in [5.41, 5.74) is 0.253. The van der Waals surface area contributed by atoms with E-state index in [0.717, 1.165) is 0 Å². The zero-order valence-electron chi connectivity index (χ0n) is 15.5. The Hall–Kier alpha value is -2.83. The number of hydrogen-bond donors (Lipinski definition) is 0. The Morgan fingerprint density at radius 3 is 2.19 bits per heavy atom. The largest absolute Gasteiger partial charge is 0.346 e. The third-order valence-electron chi connectivity index (χ3n) is 4.45. The van der Waals surface area contributed by atoms with Crippen LogP contribution in [0.5, 0.6) is 0 Å². The van der Waals surface area contributed by atoms with E-state index in [1.54, 1.807) is 55.8 Å². The second-order valence-electron chi connectivity index (χ2n) is 6.07. The molecule has 6 heteroatoms. The lowest BCUT2D eigenvalue weighted by Gasteiger charge is -2.15. The molecular weight excluding hydrogens is 346 g/mol. The van der Waals surface area contributed by atoms with Crippen LogP contribution in [0.1, 0.15) is 24.2 Å². The maximum absolute atomic E-state index is 12.8. The molecule has 0 spiro atoms. The average molecular weight is 367 g/mol. The van der Waals surface area contributed by atoms with E-state index in [0.29, 0.717) is 29.6 Å². The minimum absolute atomic E-state index is 0.191. The zero-order valence-corrected chi connectivity index (χ0v) is 15.5. The number of carbonyl (C=O) groups excluding carboxylic acids is 1. The number of ketones is 1. The summed E-state index contributed by atoms with van der Waals surface area (Å²) < 4.78 is 12.5. The molecule has 0 saturated heterocycles. The van der Waals surface area contributed by atoms with Crippen LogP contribution in [-0.4, -0.2) is 29.9 Å². The Morgan fingerprint density at radius 1 is 0.926 bits per heavy atom. The van der Waals surface area contributed by atoms with Gasteiger partial charge < -0.3 is 14.0 Å². The van der Waals surface area contributed by atoms with E-state index < -0.39 is 17.1 Å². The molecule has 3 aromatic rings. The summed E-state index contributed by atoms with van der Waals surface area (Å²) in [6.45, 7) is 4.17. The van der Waals surface area contributed by atoms with Gasteiger partial charge in [0.25, 0.3) is 0 Å². The lowest BCUT2D eigenvalue weighted by atomic mass is 10.1. The van der Waals surface area contributed by atoms with E-state index in [-0.39, 0.29) is 16.7 Å². The first-order valence-electron chi connectivity index (χ1n) is 8.82. The minimum atomic E-state index is -1.04. The molecule has 6 nitrogen and oxygen atoms in total. The van der Waals surface area contributed by atoms with Gasteiger partial charge in [0, 0.05) is 31.2 Å². The van der Waals surface area contributed by atoms with Gasteiger partial charge in [-0.05, 0) is 44.2 Å². The topological polar surface area (TPSA) is 74.6 Å². The Labute approximate surface area is 156 Å². The van der Waals surface area contributed by atoms with E-state index in [4.69, 9.17) is 9.47 Å². The third kappa shape index (κ3) is 3.41. The van der Waals surface area contributed by atoms with Gasteiger partial charge in [-0.3, -0.25) is 14.4 Å². The van der Waals surface area contributed by atoms with Gasteiger partial charge in [-0.2, -0.15) is 0 Å². The van der Waals surface area contributed by atoms with Crippen LogP contribution < -0.4 is 10.9 Å². The van der Waals surface area contributed by atoms with Crippen molar-refractivity contribution in [3.63, 3.8) is 0 Å². The van der Waals surface area contributed by atoms with Gasteiger partial charge in [0.05, 0.1) is 16.4 Å². The molecule has 2 aromatic carbocycles. The first kappa shape index (κ1) is 18.9. The van der Waals surface area contributed by atoms with Crippen molar-refractivity contribution in [3.05, 3.63) is 68.5 Å². The number of carbonyl (C=O) groups is 1. The number of benzene rings is 2. The third-order valence-corrected chi connectivity index (χ3v) is 4.45. The predicted octanol–water partition coefficient (Wildman–Crippen LogP) is 2.63. The molecule has 1 heterocycles. The summed E-state index contributed by atoms with van der Waals surface area (Å²) in [4.78, 5) is 38.2. The Morgan fingerprint density at radius 2 is 1.52 bits per heavy atom. The summed E-state index contributed by atoms with van der Waals surface area (Å²) in [5, 5.41) is 0.534. The second-order valence-corrected chi connectivity index (χ2v) is 6.07. The molecule has 0 radical (unpaired) electrons. The van der Waals surface area contributed by atoms with Crippen LogP contribution in [0.2, 0.25) is 0 Å². The molecule has 140 valence electrons. The standard InChI is InChI=1S/C21H21NO5/c1-4-26-21(27-5-2)18(23)13-10-11-17-15(12-13)20(25)19(24)14-8-6-7-9-16(14)22(17)3/h6-12,21H,4-5H2,1-3H3. The Kier molecular flexibility index (Phi) is 5.48. The van der Waals surface area contributed by atoms with Gasteiger partial charge in [0.1, 0.15) is 0 Å². The van der Waals surface area contributed by atoms with Crippen molar-refractivity contribution >= 4 is 27.6 Å². The normalized spacial score (nSPS) is 11.4. The second kappa shape index (κ2) is 7.82. The lowest BCUT2D eigenvalue weighted by molar-refractivity contribution is -0.107. The quantitative estimate of drug-likeness (QED) is 0.380. The monoisotopic (exact) mass is 367 g/mol. The SMILES string of the molecule is CCOC(OCC)C(=O)c1ccc2c(c1)c(=O)c(=O)c1ccccc1n2C. The van der Waals surface area contributed by atoms with Crippen molar-refractivity contribution < 1.29 is 14.3 Å². The van der Waals surface area contributed by atoms with Gasteiger partial charge in [-0.1, -0.05) is 12.1 Å². The molecule has 0 atom stereocenters. The molecule has 0 fully saturated rings. The van der Waals surface area contributed by atoms with Gasteiger partial charge in [0.15, 0.2) is 0 Å². The number of aromatic nitrogens is 1. The number of nitrogens with zero attached hydrogens (tertiary/aromatic N) is 1. The molecular formula is C21H21NO5. The fourth-order valence-electron chi connectivity index (χ4n) is 3.13.